The van der Waals surface area contributed by atoms with Crippen LogP contribution in [0, 0.1) is 6.07 Å². The molecule has 0 aliphatic rings. The molecule has 0 spiro atoms. The van der Waals surface area contributed by atoms with Crippen LogP contribution in [0.25, 0.3) is 0 Å². The largest absolute Gasteiger partial charge is 1.00 e. The van der Waals surface area contributed by atoms with E-state index in [-0.39, 0.29) is 64.2 Å². The Kier molecular flexibility index (Phi) is 7.84. The third kappa shape index (κ3) is 4.84. The molecular weight excluding hydrogens is 305 g/mol. The van der Waals surface area contributed by atoms with Gasteiger partial charge in [0, 0.05) is 0 Å². The molecule has 0 unspecified atom stereocenters. The Morgan fingerprint density at radius 1 is 1.62 bits per heavy atom. The zero-order valence-corrected chi connectivity index (χ0v) is 14.1. The van der Waals surface area contributed by atoms with Gasteiger partial charge in [0.1, 0.15) is 0 Å². The van der Waals surface area contributed by atoms with Crippen molar-refractivity contribution in [3.63, 3.8) is 0 Å². The number of ether oxygens (including phenoxy) is 1. The van der Waals surface area contributed by atoms with E-state index in [0.717, 1.165) is 4.47 Å². The molecule has 13 heavy (non-hydrogen) atoms. The molecule has 0 aliphatic carbocycles. The average Bonchev–Trinajstić information content (AvgIpc) is 2.06. The number of esters is 1. The van der Waals surface area contributed by atoms with Crippen LogP contribution >= 0.6 is 15.9 Å². The number of hydrogen-bond donors (Lipinski definition) is 0. The molecule has 0 aromatic heterocycles. The molecule has 0 aliphatic heterocycles. The summed E-state index contributed by atoms with van der Waals surface area (Å²) in [4.78, 5) is 11.1. The molecule has 0 heterocycles. The Balaban J connectivity index is 0.00000144. The molecule has 1 aromatic carbocycles. The van der Waals surface area contributed by atoms with Gasteiger partial charge in [-0.1, -0.05) is 26.0 Å². The second-order valence-corrected chi connectivity index (χ2v) is 3.00. The van der Waals surface area contributed by atoms with Gasteiger partial charge in [0.25, 0.3) is 5.97 Å². The van der Waals surface area contributed by atoms with Gasteiger partial charge in [-0.3, -0.25) is 4.79 Å². The average molecular weight is 314 g/mol. The molecule has 0 N–H and O–H groups in total. The number of benzene rings is 1. The molecule has 0 bridgehead atoms. The van der Waals surface area contributed by atoms with Gasteiger partial charge in [0.2, 0.25) is 0 Å². The second-order valence-electron chi connectivity index (χ2n) is 2.15. The van der Waals surface area contributed by atoms with Crippen LogP contribution in [-0.4, -0.2) is 12.6 Å². The van der Waals surface area contributed by atoms with E-state index >= 15 is 0 Å². The summed E-state index contributed by atoms with van der Waals surface area (Å²) >= 11 is 3.23. The molecule has 0 amide bonds. The van der Waals surface area contributed by atoms with E-state index in [9.17, 15) is 4.79 Å². The van der Waals surface area contributed by atoms with Crippen molar-refractivity contribution in [2.24, 2.45) is 0 Å². The van der Waals surface area contributed by atoms with Crippen LogP contribution in [0.5, 0.6) is 0 Å². The zero-order chi connectivity index (χ0) is 8.97. The van der Waals surface area contributed by atoms with Crippen LogP contribution in [-0.2, 0) is 4.74 Å². The molecule has 0 saturated carbocycles. The van der Waals surface area contributed by atoms with Crippen molar-refractivity contribution in [1.29, 1.82) is 0 Å². The van der Waals surface area contributed by atoms with Crippen LogP contribution in [0.4, 0.5) is 0 Å². The SMILES string of the molecule is CCOC(=O)c1c[c-]c(Br)cc1.[Rb+]. The van der Waals surface area contributed by atoms with Crippen LogP contribution in [0.15, 0.2) is 22.7 Å². The summed E-state index contributed by atoms with van der Waals surface area (Å²) in [6.07, 6.45) is 0. The summed E-state index contributed by atoms with van der Waals surface area (Å²) in [5.74, 6) is -0.304. The zero-order valence-electron chi connectivity index (χ0n) is 7.63. The molecule has 1 aromatic rings. The first-order valence-corrected chi connectivity index (χ1v) is 4.37. The minimum absolute atomic E-state index is 0. The quantitative estimate of drug-likeness (QED) is 0.540. The Bertz CT molecular complexity index is 271. The van der Waals surface area contributed by atoms with Gasteiger partial charge in [0.15, 0.2) is 0 Å². The third-order valence-corrected chi connectivity index (χ3v) is 1.78. The first-order chi connectivity index (χ1) is 5.74. The van der Waals surface area contributed by atoms with Gasteiger partial charge in [0.05, 0.1) is 6.61 Å². The summed E-state index contributed by atoms with van der Waals surface area (Å²) in [6.45, 7) is 2.18. The molecular formula is C9H8BrO2Rb. The Labute approximate surface area is 135 Å². The fraction of sp³-hybridized carbons (Fsp3) is 0.222. The summed E-state index contributed by atoms with van der Waals surface area (Å²) in [7, 11) is 0. The molecule has 64 valence electrons. The Morgan fingerprint density at radius 3 is 2.77 bits per heavy atom. The van der Waals surface area contributed by atoms with E-state index in [4.69, 9.17) is 4.74 Å². The topological polar surface area (TPSA) is 26.3 Å². The van der Waals surface area contributed by atoms with Gasteiger partial charge >= 0.3 is 58.2 Å². The van der Waals surface area contributed by atoms with Crippen LogP contribution in [0.1, 0.15) is 17.3 Å². The van der Waals surface area contributed by atoms with E-state index < -0.39 is 0 Å². The monoisotopic (exact) mass is 312 g/mol. The van der Waals surface area contributed by atoms with E-state index in [1.54, 1.807) is 25.1 Å². The maximum atomic E-state index is 11.1. The number of hydrogen-bond acceptors (Lipinski definition) is 2. The smallest absolute Gasteiger partial charge is 0.472 e. The van der Waals surface area contributed by atoms with E-state index in [1.165, 1.54) is 0 Å². The molecule has 4 heteroatoms. The van der Waals surface area contributed by atoms with Crippen molar-refractivity contribution in [2.75, 3.05) is 6.61 Å². The minimum Gasteiger partial charge on any atom is -0.472 e. The normalized spacial score (nSPS) is 8.77. The van der Waals surface area contributed by atoms with Crippen LogP contribution in [0.2, 0.25) is 0 Å². The summed E-state index contributed by atoms with van der Waals surface area (Å²) in [5, 5.41) is 0. The number of halogens is 1. The Hall–Kier alpha value is 0.975. The first kappa shape index (κ1) is 14.0. The summed E-state index contributed by atoms with van der Waals surface area (Å²) in [5.41, 5.74) is 0.528. The van der Waals surface area contributed by atoms with Gasteiger partial charge in [-0.25, -0.2) is 0 Å². The van der Waals surface area contributed by atoms with Crippen molar-refractivity contribution in [2.45, 2.75) is 6.92 Å². The van der Waals surface area contributed by atoms with Crippen LogP contribution in [0.3, 0.4) is 0 Å². The number of carbonyl (C=O) groups excluding carboxylic acids is 1. The maximum Gasteiger partial charge on any atom is 1.00 e. The summed E-state index contributed by atoms with van der Waals surface area (Å²) < 4.78 is 5.62. The van der Waals surface area contributed by atoms with Crippen molar-refractivity contribution in [1.82, 2.24) is 0 Å². The van der Waals surface area contributed by atoms with E-state index in [2.05, 4.69) is 22.0 Å². The van der Waals surface area contributed by atoms with Gasteiger partial charge in [-0.15, -0.1) is 0 Å². The number of carbonyl (C=O) groups is 1. The number of rotatable bonds is 2. The minimum atomic E-state index is -0.304. The fourth-order valence-electron chi connectivity index (χ4n) is 0.747. The molecule has 1 rings (SSSR count). The maximum absolute atomic E-state index is 11.1. The van der Waals surface area contributed by atoms with Gasteiger partial charge in [-0.2, -0.15) is 24.3 Å². The molecule has 2 nitrogen and oxygen atoms in total. The van der Waals surface area contributed by atoms with Crippen molar-refractivity contribution >= 4 is 21.9 Å². The van der Waals surface area contributed by atoms with Gasteiger partial charge in [-0.05, 0) is 6.92 Å². The van der Waals surface area contributed by atoms with Crippen molar-refractivity contribution in [3.8, 4) is 0 Å². The third-order valence-electron chi connectivity index (χ3n) is 1.29. The molecule has 0 atom stereocenters. The Morgan fingerprint density at radius 2 is 2.31 bits per heavy atom. The predicted octanol–water partition coefficient (Wildman–Crippen LogP) is -0.570. The van der Waals surface area contributed by atoms with Crippen LogP contribution < -0.4 is 58.2 Å². The molecule has 0 fully saturated rings. The van der Waals surface area contributed by atoms with E-state index in [1.807, 2.05) is 0 Å². The van der Waals surface area contributed by atoms with Crippen molar-refractivity contribution < 1.29 is 67.7 Å². The second kappa shape index (κ2) is 7.29. The standard InChI is InChI=1S/C9H8BrO2.Rb/c1-2-12-9(11)7-3-5-8(10)6-4-7;/h3-5H,2H2,1H3;/q-1;+1. The predicted molar refractivity (Wildman–Crippen MR) is 48.9 cm³/mol. The van der Waals surface area contributed by atoms with Gasteiger partial charge < -0.3 is 4.74 Å². The summed E-state index contributed by atoms with van der Waals surface area (Å²) in [6, 6.07) is 7.90. The van der Waals surface area contributed by atoms with E-state index in [0.29, 0.717) is 12.2 Å². The fourth-order valence-corrected chi connectivity index (χ4v) is 0.994. The molecule has 0 saturated heterocycles. The molecule has 0 radical (unpaired) electrons. The first-order valence-electron chi connectivity index (χ1n) is 3.58. The van der Waals surface area contributed by atoms with Crippen molar-refractivity contribution in [3.05, 3.63) is 34.3 Å².